The average molecular weight is 355 g/mol. The maximum absolute atomic E-state index is 10.8. The van der Waals surface area contributed by atoms with Crippen LogP contribution in [-0.2, 0) is 21.9 Å². The molecule has 0 aromatic heterocycles. The van der Waals surface area contributed by atoms with Crippen molar-refractivity contribution in [3.8, 4) is 0 Å². The molecule has 0 atom stereocenters. The lowest BCUT2D eigenvalue weighted by molar-refractivity contribution is -0.141. The van der Waals surface area contributed by atoms with Gasteiger partial charge in [-0.2, -0.15) is 0 Å². The normalized spacial score (nSPS) is 12.5. The van der Waals surface area contributed by atoms with Gasteiger partial charge in [0, 0.05) is 13.0 Å². The fourth-order valence-electron chi connectivity index (χ4n) is 1.84. The van der Waals surface area contributed by atoms with Gasteiger partial charge in [-0.25, -0.2) is 0 Å². The molecule has 0 rings (SSSR count). The highest BCUT2D eigenvalue weighted by atomic mass is 28.5. The van der Waals surface area contributed by atoms with E-state index in [4.69, 9.17) is 17.1 Å². The summed E-state index contributed by atoms with van der Waals surface area (Å²) in [6.07, 6.45) is 0.745. The number of carbonyl (C=O) groups excluding carboxylic acids is 1. The summed E-state index contributed by atoms with van der Waals surface area (Å²) in [5.74, 6) is -0.241. The van der Waals surface area contributed by atoms with Crippen molar-refractivity contribution < 1.29 is 21.9 Å². The number of carbonyl (C=O) groups is 1. The van der Waals surface area contributed by atoms with Crippen LogP contribution in [0.2, 0.25) is 45.3 Å². The minimum Gasteiger partial charge on any atom is -0.466 e. The molecule has 20 heavy (non-hydrogen) atoms. The number of esters is 1. The summed E-state index contributed by atoms with van der Waals surface area (Å²) >= 11 is 0. The second-order valence-electron chi connectivity index (χ2n) is 5.63. The largest absolute Gasteiger partial charge is 0.469 e. The maximum Gasteiger partial charge on any atom is 0.469 e. The van der Waals surface area contributed by atoms with Crippen molar-refractivity contribution in [1.82, 2.24) is 0 Å². The van der Waals surface area contributed by atoms with Crippen LogP contribution >= 0.6 is 0 Å². The first-order valence-corrected chi connectivity index (χ1v) is 17.6. The highest BCUT2D eigenvalue weighted by molar-refractivity contribution is 6.79. The van der Waals surface area contributed by atoms with Gasteiger partial charge in [0.25, 0.3) is 0 Å². The zero-order chi connectivity index (χ0) is 15.8. The van der Waals surface area contributed by atoms with Crippen LogP contribution in [-0.4, -0.2) is 48.5 Å². The van der Waals surface area contributed by atoms with Crippen LogP contribution < -0.4 is 0 Å². The fraction of sp³-hybridized carbons (Fsp3) is 0.909. The van der Waals surface area contributed by atoms with Crippen molar-refractivity contribution in [2.45, 2.75) is 58.7 Å². The van der Waals surface area contributed by atoms with E-state index >= 15 is 0 Å². The van der Waals surface area contributed by atoms with E-state index in [1.807, 2.05) is 0 Å². The third kappa shape index (κ3) is 10.0. The molecule has 0 aliphatic heterocycles. The van der Waals surface area contributed by atoms with Gasteiger partial charge in [0.05, 0.1) is 6.61 Å². The first-order chi connectivity index (χ1) is 9.17. The Morgan fingerprint density at radius 1 is 0.900 bits per heavy atom. The van der Waals surface area contributed by atoms with Gasteiger partial charge in [-0.3, -0.25) is 4.79 Å². The van der Waals surface area contributed by atoms with Crippen molar-refractivity contribution in [3.05, 3.63) is 0 Å². The lowest BCUT2D eigenvalue weighted by atomic mass is 10.5. The molecule has 0 unspecified atom stereocenters. The molecule has 0 saturated heterocycles. The van der Waals surface area contributed by atoms with Gasteiger partial charge >= 0.3 is 14.8 Å². The Morgan fingerprint density at radius 3 is 1.60 bits per heavy atom. The summed E-state index contributed by atoms with van der Waals surface area (Å²) in [6, 6.07) is 0.752. The smallest absolute Gasteiger partial charge is 0.466 e. The summed E-state index contributed by atoms with van der Waals surface area (Å²) in [4.78, 5) is 10.8. The average Bonchev–Trinajstić information content (AvgIpc) is 2.20. The lowest BCUT2D eigenvalue weighted by Gasteiger charge is -2.35. The van der Waals surface area contributed by atoms with Gasteiger partial charge in [-0.05, 0) is 45.7 Å². The molecule has 0 N–H and O–H groups in total. The van der Waals surface area contributed by atoms with Crippen LogP contribution in [0.5, 0.6) is 0 Å². The summed E-state index contributed by atoms with van der Waals surface area (Å²) in [7, 11) is -6.27. The Morgan fingerprint density at radius 2 is 1.30 bits per heavy atom. The second kappa shape index (κ2) is 10.0. The van der Waals surface area contributed by atoms with E-state index in [1.54, 1.807) is 0 Å². The van der Waals surface area contributed by atoms with E-state index < -0.39 is 35.9 Å². The van der Waals surface area contributed by atoms with E-state index in [9.17, 15) is 4.79 Å². The van der Waals surface area contributed by atoms with Gasteiger partial charge in [0.15, 0.2) is 27.1 Å². The molecule has 9 heteroatoms. The third-order valence-corrected chi connectivity index (χ3v) is 13.1. The monoisotopic (exact) mass is 354 g/mol. The van der Waals surface area contributed by atoms with E-state index in [0.717, 1.165) is 12.5 Å². The van der Waals surface area contributed by atoms with Gasteiger partial charge in [-0.15, -0.1) is 0 Å². The SMILES string of the molecule is CC(=O)OCCC[Si](O[SiH](C)C)(O[SiH](C)C)O[SiH](C)C. The molecule has 0 heterocycles. The van der Waals surface area contributed by atoms with Crippen molar-refractivity contribution in [3.63, 3.8) is 0 Å². The lowest BCUT2D eigenvalue weighted by Crippen LogP contribution is -2.53. The summed E-state index contributed by atoms with van der Waals surface area (Å²) in [5.41, 5.74) is 0. The fourth-order valence-corrected chi connectivity index (χ4v) is 14.6. The topological polar surface area (TPSA) is 54.0 Å². The molecule has 120 valence electrons. The predicted molar refractivity (Wildman–Crippen MR) is 91.7 cm³/mol. The number of hydrogen-bond donors (Lipinski definition) is 0. The van der Waals surface area contributed by atoms with Crippen LogP contribution in [0.3, 0.4) is 0 Å². The van der Waals surface area contributed by atoms with Gasteiger partial charge in [-0.1, -0.05) is 0 Å². The van der Waals surface area contributed by atoms with E-state index in [2.05, 4.69) is 39.3 Å². The van der Waals surface area contributed by atoms with Crippen LogP contribution in [0.25, 0.3) is 0 Å². The molecule has 0 radical (unpaired) electrons. The number of ether oxygens (including phenoxy) is 1. The minimum atomic E-state index is -2.56. The predicted octanol–water partition coefficient (Wildman–Crippen LogP) is 1.88. The molecule has 0 aromatic rings. The molecule has 0 aliphatic rings. The summed E-state index contributed by atoms with van der Waals surface area (Å²) in [5, 5.41) is 0. The molecule has 0 aliphatic carbocycles. The van der Waals surface area contributed by atoms with Gasteiger partial charge < -0.3 is 17.1 Å². The Bertz CT molecular complexity index is 259. The minimum absolute atomic E-state index is 0.241. The molecule has 0 spiro atoms. The zero-order valence-electron chi connectivity index (χ0n) is 13.9. The van der Waals surface area contributed by atoms with Gasteiger partial charge in [0.1, 0.15) is 0 Å². The Kier molecular flexibility index (Phi) is 10.1. The molecule has 0 aromatic carbocycles. The van der Waals surface area contributed by atoms with E-state index in [1.165, 1.54) is 6.92 Å². The molecular formula is C11H30O5Si4. The first kappa shape index (κ1) is 20.2. The Hall–Kier alpha value is 0.218. The van der Waals surface area contributed by atoms with Crippen LogP contribution in [0.4, 0.5) is 0 Å². The van der Waals surface area contributed by atoms with Crippen LogP contribution in [0.1, 0.15) is 13.3 Å². The molecule has 0 saturated carbocycles. The van der Waals surface area contributed by atoms with Crippen LogP contribution in [0, 0.1) is 0 Å². The van der Waals surface area contributed by atoms with Crippen molar-refractivity contribution in [1.29, 1.82) is 0 Å². The molecule has 0 bridgehead atoms. The van der Waals surface area contributed by atoms with Crippen molar-refractivity contribution in [2.75, 3.05) is 6.61 Å². The Balaban J connectivity index is 4.72. The maximum atomic E-state index is 10.8. The number of hydrogen-bond acceptors (Lipinski definition) is 5. The van der Waals surface area contributed by atoms with Gasteiger partial charge in [0.2, 0.25) is 0 Å². The number of rotatable bonds is 10. The van der Waals surface area contributed by atoms with Crippen molar-refractivity contribution in [2.24, 2.45) is 0 Å². The quantitative estimate of drug-likeness (QED) is 0.341. The van der Waals surface area contributed by atoms with Crippen molar-refractivity contribution >= 4 is 41.9 Å². The highest BCUT2D eigenvalue weighted by Crippen LogP contribution is 2.21. The van der Waals surface area contributed by atoms with Crippen LogP contribution in [0.15, 0.2) is 0 Å². The molecule has 5 nitrogen and oxygen atoms in total. The van der Waals surface area contributed by atoms with E-state index in [-0.39, 0.29) is 5.97 Å². The first-order valence-electron chi connectivity index (χ1n) is 7.33. The zero-order valence-corrected chi connectivity index (χ0v) is 18.4. The third-order valence-electron chi connectivity index (χ3n) is 2.18. The van der Waals surface area contributed by atoms with E-state index in [0.29, 0.717) is 6.61 Å². The highest BCUT2D eigenvalue weighted by Gasteiger charge is 2.42. The summed E-state index contributed by atoms with van der Waals surface area (Å²) in [6.45, 7) is 14.7. The molecule has 0 amide bonds. The standard InChI is InChI=1S/C11H30O5Si4/c1-11(12)13-9-8-10-20(14-17(2)3,15-18(4)5)16-19(6)7/h17-19H,8-10H2,1-7H3. The second-order valence-corrected chi connectivity index (χ2v) is 16.6. The Labute approximate surface area is 129 Å². The summed E-state index contributed by atoms with van der Waals surface area (Å²) < 4.78 is 23.7. The molecule has 0 fully saturated rings. The molecular weight excluding hydrogens is 324 g/mol.